The highest BCUT2D eigenvalue weighted by Crippen LogP contribution is 2.44. The van der Waals surface area contributed by atoms with Crippen molar-refractivity contribution >= 4 is 0 Å². The van der Waals surface area contributed by atoms with Crippen LogP contribution in [0.1, 0.15) is 81.9 Å². The molecule has 0 spiro atoms. The van der Waals surface area contributed by atoms with E-state index in [1.54, 1.807) is 0 Å². The first kappa shape index (κ1) is 13.7. The maximum Gasteiger partial charge on any atom is 0.147 e. The Morgan fingerprint density at radius 3 is 2.48 bits per heavy atom. The van der Waals surface area contributed by atoms with Crippen LogP contribution in [0, 0.1) is 5.92 Å². The molecular formula is C17H28N4. The quantitative estimate of drug-likeness (QED) is 0.831. The molecule has 4 rings (SSSR count). The second-order valence-corrected chi connectivity index (χ2v) is 7.59. The largest absolute Gasteiger partial charge is 0.311 e. The highest BCUT2D eigenvalue weighted by molar-refractivity contribution is 5.12. The first-order valence-corrected chi connectivity index (χ1v) is 8.88. The minimum absolute atomic E-state index is 0.711. The maximum atomic E-state index is 4.57. The second-order valence-electron chi connectivity index (χ2n) is 7.59. The number of hydrogen-bond acceptors (Lipinski definition) is 3. The summed E-state index contributed by atoms with van der Waals surface area (Å²) in [6.07, 6.45) is 10.8. The fraction of sp³-hybridized carbons (Fsp3) is 0.882. The Balaban J connectivity index is 1.51. The molecule has 0 aromatic carbocycles. The molecule has 0 aliphatic heterocycles. The molecule has 0 saturated heterocycles. The van der Waals surface area contributed by atoms with E-state index in [0.29, 0.717) is 12.0 Å². The van der Waals surface area contributed by atoms with Gasteiger partial charge >= 0.3 is 0 Å². The Labute approximate surface area is 127 Å². The van der Waals surface area contributed by atoms with Crippen LogP contribution in [-0.2, 0) is 6.54 Å². The van der Waals surface area contributed by atoms with Crippen molar-refractivity contribution in [2.24, 2.45) is 5.92 Å². The molecule has 3 aliphatic rings. The average Bonchev–Trinajstić information content (AvgIpc) is 3.39. The summed E-state index contributed by atoms with van der Waals surface area (Å²) in [6, 6.07) is 1.44. The van der Waals surface area contributed by atoms with Crippen molar-refractivity contribution in [3.8, 4) is 0 Å². The van der Waals surface area contributed by atoms with Gasteiger partial charge in [-0.1, -0.05) is 19.8 Å². The molecule has 4 nitrogen and oxygen atoms in total. The first-order valence-electron chi connectivity index (χ1n) is 8.88. The zero-order valence-electron chi connectivity index (χ0n) is 13.5. The minimum Gasteiger partial charge on any atom is -0.311 e. The Bertz CT molecular complexity index is 501. The molecule has 116 valence electrons. The van der Waals surface area contributed by atoms with Crippen LogP contribution >= 0.6 is 0 Å². The van der Waals surface area contributed by atoms with E-state index < -0.39 is 0 Å². The van der Waals surface area contributed by atoms with E-state index in [-0.39, 0.29) is 0 Å². The van der Waals surface area contributed by atoms with Gasteiger partial charge in [-0.25, -0.2) is 0 Å². The van der Waals surface area contributed by atoms with Crippen LogP contribution in [0.4, 0.5) is 0 Å². The standard InChI is InChI=1S/C17H28N4/c1-12-5-3-4-6-15(12)20(2)11-16-18-19-17(13-7-8-13)21(16)14-9-10-14/h12-15H,3-11H2,1-2H3/t12-,15-/m0/s1. The molecule has 0 amide bonds. The predicted octanol–water partition coefficient (Wildman–Crippen LogP) is 3.50. The fourth-order valence-corrected chi connectivity index (χ4v) is 4.09. The first-order chi connectivity index (χ1) is 10.2. The fourth-order valence-electron chi connectivity index (χ4n) is 4.09. The Morgan fingerprint density at radius 1 is 1.05 bits per heavy atom. The van der Waals surface area contributed by atoms with Crippen LogP contribution in [-0.4, -0.2) is 32.8 Å². The molecule has 3 aliphatic carbocycles. The highest BCUT2D eigenvalue weighted by atomic mass is 15.3. The van der Waals surface area contributed by atoms with Gasteiger partial charge in [0.1, 0.15) is 11.6 Å². The summed E-state index contributed by atoms with van der Waals surface area (Å²) in [4.78, 5) is 2.55. The van der Waals surface area contributed by atoms with E-state index >= 15 is 0 Å². The summed E-state index contributed by atoms with van der Waals surface area (Å²) in [5.41, 5.74) is 0. The van der Waals surface area contributed by atoms with Crippen molar-refractivity contribution in [2.45, 2.75) is 82.8 Å². The number of hydrogen-bond donors (Lipinski definition) is 0. The van der Waals surface area contributed by atoms with Gasteiger partial charge in [0.2, 0.25) is 0 Å². The van der Waals surface area contributed by atoms with Crippen LogP contribution in [0.5, 0.6) is 0 Å². The molecule has 2 atom stereocenters. The summed E-state index contributed by atoms with van der Waals surface area (Å²) in [6.45, 7) is 3.40. The van der Waals surface area contributed by atoms with E-state index in [4.69, 9.17) is 0 Å². The predicted molar refractivity (Wildman–Crippen MR) is 83.2 cm³/mol. The molecule has 0 bridgehead atoms. The topological polar surface area (TPSA) is 34.0 Å². The molecule has 21 heavy (non-hydrogen) atoms. The van der Waals surface area contributed by atoms with E-state index in [0.717, 1.165) is 18.5 Å². The van der Waals surface area contributed by atoms with Crippen molar-refractivity contribution in [3.63, 3.8) is 0 Å². The van der Waals surface area contributed by atoms with Crippen molar-refractivity contribution in [1.29, 1.82) is 0 Å². The lowest BCUT2D eigenvalue weighted by Gasteiger charge is -2.36. The SMILES string of the molecule is C[C@H]1CCCC[C@@H]1N(C)Cc1nnc(C2CC2)n1C1CC1. The van der Waals surface area contributed by atoms with E-state index in [2.05, 4.69) is 33.6 Å². The monoisotopic (exact) mass is 288 g/mol. The van der Waals surface area contributed by atoms with Gasteiger partial charge in [0.25, 0.3) is 0 Å². The molecule has 3 saturated carbocycles. The molecule has 0 unspecified atom stereocenters. The lowest BCUT2D eigenvalue weighted by molar-refractivity contribution is 0.129. The van der Waals surface area contributed by atoms with Crippen LogP contribution in [0.2, 0.25) is 0 Å². The van der Waals surface area contributed by atoms with Crippen molar-refractivity contribution in [2.75, 3.05) is 7.05 Å². The van der Waals surface area contributed by atoms with Crippen LogP contribution in [0.15, 0.2) is 0 Å². The van der Waals surface area contributed by atoms with Crippen molar-refractivity contribution in [1.82, 2.24) is 19.7 Å². The smallest absolute Gasteiger partial charge is 0.147 e. The molecule has 4 heteroatoms. The summed E-state index contributed by atoms with van der Waals surface area (Å²) in [5.74, 6) is 4.05. The molecule has 1 heterocycles. The van der Waals surface area contributed by atoms with E-state index in [1.165, 1.54) is 63.0 Å². The highest BCUT2D eigenvalue weighted by Gasteiger charge is 2.36. The molecule has 1 aromatic heterocycles. The number of rotatable bonds is 5. The van der Waals surface area contributed by atoms with Gasteiger partial charge in [-0.2, -0.15) is 0 Å². The Kier molecular flexibility index (Phi) is 3.52. The summed E-state index contributed by atoms with van der Waals surface area (Å²) in [7, 11) is 2.29. The van der Waals surface area contributed by atoms with Gasteiger partial charge < -0.3 is 4.57 Å². The normalized spacial score (nSPS) is 30.0. The van der Waals surface area contributed by atoms with Gasteiger partial charge in [0.15, 0.2) is 0 Å². The Hall–Kier alpha value is -0.900. The zero-order valence-corrected chi connectivity index (χ0v) is 13.5. The van der Waals surface area contributed by atoms with Gasteiger partial charge in [-0.3, -0.25) is 4.90 Å². The molecule has 1 aromatic rings. The molecular weight excluding hydrogens is 260 g/mol. The summed E-state index contributed by atoms with van der Waals surface area (Å²) in [5, 5.41) is 9.11. The lowest BCUT2D eigenvalue weighted by atomic mass is 9.85. The summed E-state index contributed by atoms with van der Waals surface area (Å²) >= 11 is 0. The van der Waals surface area contributed by atoms with Gasteiger partial charge in [0, 0.05) is 18.0 Å². The third-order valence-electron chi connectivity index (χ3n) is 5.67. The van der Waals surface area contributed by atoms with E-state index in [9.17, 15) is 0 Å². The molecule has 3 fully saturated rings. The van der Waals surface area contributed by atoms with Crippen LogP contribution < -0.4 is 0 Å². The van der Waals surface area contributed by atoms with Gasteiger partial charge in [-0.05, 0) is 51.5 Å². The minimum atomic E-state index is 0.711. The lowest BCUT2D eigenvalue weighted by Crippen LogP contribution is -2.39. The summed E-state index contributed by atoms with van der Waals surface area (Å²) < 4.78 is 2.50. The van der Waals surface area contributed by atoms with Gasteiger partial charge in [0.05, 0.1) is 6.54 Å². The van der Waals surface area contributed by atoms with Crippen molar-refractivity contribution < 1.29 is 0 Å². The third-order valence-corrected chi connectivity index (χ3v) is 5.67. The van der Waals surface area contributed by atoms with Gasteiger partial charge in [-0.15, -0.1) is 10.2 Å². The zero-order chi connectivity index (χ0) is 14.4. The Morgan fingerprint density at radius 2 is 1.81 bits per heavy atom. The average molecular weight is 288 g/mol. The molecule has 0 radical (unpaired) electrons. The number of aromatic nitrogens is 3. The van der Waals surface area contributed by atoms with Crippen molar-refractivity contribution in [3.05, 3.63) is 11.6 Å². The maximum absolute atomic E-state index is 4.57. The van der Waals surface area contributed by atoms with E-state index in [1.807, 2.05) is 0 Å². The molecule has 0 N–H and O–H groups in total. The number of nitrogens with zero attached hydrogens (tertiary/aromatic N) is 4. The third kappa shape index (κ3) is 2.75. The van der Waals surface area contributed by atoms with Crippen LogP contribution in [0.3, 0.4) is 0 Å². The van der Waals surface area contributed by atoms with Crippen LogP contribution in [0.25, 0.3) is 0 Å². The second kappa shape index (κ2) is 5.38.